The predicted molar refractivity (Wildman–Crippen MR) is 80.0 cm³/mol. The quantitative estimate of drug-likeness (QED) is 0.620. The van der Waals surface area contributed by atoms with Crippen molar-refractivity contribution in [2.45, 2.75) is 57.3 Å². The molecule has 1 heterocycles. The zero-order valence-electron chi connectivity index (χ0n) is 13.0. The van der Waals surface area contributed by atoms with E-state index in [1.54, 1.807) is 32.9 Å². The average molecular weight is 304 g/mol. The Hall–Kier alpha value is -1.88. The SMILES string of the molecule is CC(C)(C)OC(=O)Oc1ccc(C23CCCC2O3)ccc1=O. The summed E-state index contributed by atoms with van der Waals surface area (Å²) in [5.74, 6) is -0.0351. The van der Waals surface area contributed by atoms with E-state index in [1.165, 1.54) is 12.1 Å². The zero-order valence-corrected chi connectivity index (χ0v) is 13.0. The molecule has 1 aromatic carbocycles. The van der Waals surface area contributed by atoms with Gasteiger partial charge in [-0.15, -0.1) is 0 Å². The third-order valence-electron chi connectivity index (χ3n) is 3.97. The molecule has 0 bridgehead atoms. The molecular weight excluding hydrogens is 284 g/mol. The van der Waals surface area contributed by atoms with Gasteiger partial charge in [0.25, 0.3) is 0 Å². The number of epoxide rings is 1. The minimum absolute atomic E-state index is 0.0351. The highest BCUT2D eigenvalue weighted by Crippen LogP contribution is 2.56. The third kappa shape index (κ3) is 2.86. The second-order valence-corrected chi connectivity index (χ2v) is 6.81. The van der Waals surface area contributed by atoms with Crippen LogP contribution in [0.25, 0.3) is 0 Å². The van der Waals surface area contributed by atoms with Crippen molar-refractivity contribution in [1.29, 1.82) is 0 Å². The van der Waals surface area contributed by atoms with Gasteiger partial charge in [0.05, 0.1) is 6.10 Å². The Balaban J connectivity index is 1.80. The number of ether oxygens (including phenoxy) is 3. The van der Waals surface area contributed by atoms with Crippen molar-refractivity contribution in [3.05, 3.63) is 40.1 Å². The van der Waals surface area contributed by atoms with Gasteiger partial charge in [0.1, 0.15) is 11.2 Å². The molecule has 5 heteroatoms. The molecule has 22 heavy (non-hydrogen) atoms. The maximum absolute atomic E-state index is 12.0. The molecule has 1 aliphatic heterocycles. The molecule has 0 amide bonds. The summed E-state index contributed by atoms with van der Waals surface area (Å²) in [5.41, 5.74) is -0.288. The standard InChI is InChI=1S/C17H20O5/c1-16(2,3)22-15(19)20-13-9-7-11(6-8-12(13)18)17-10-4-5-14(17)21-17/h6-9,14H,4-5,10H2,1-3H3. The molecule has 3 rings (SSSR count). The second-order valence-electron chi connectivity index (χ2n) is 6.81. The van der Waals surface area contributed by atoms with Crippen molar-refractivity contribution in [2.75, 3.05) is 0 Å². The number of carbonyl (C=O) groups excluding carboxylic acids is 1. The lowest BCUT2D eigenvalue weighted by molar-refractivity contribution is 0.0204. The van der Waals surface area contributed by atoms with Gasteiger partial charge in [0, 0.05) is 0 Å². The molecule has 5 nitrogen and oxygen atoms in total. The van der Waals surface area contributed by atoms with Crippen molar-refractivity contribution < 1.29 is 19.0 Å². The van der Waals surface area contributed by atoms with Crippen LogP contribution in [0.2, 0.25) is 0 Å². The minimum Gasteiger partial charge on any atom is -0.428 e. The van der Waals surface area contributed by atoms with Gasteiger partial charge in [-0.25, -0.2) is 4.79 Å². The molecule has 2 unspecified atom stereocenters. The summed E-state index contributed by atoms with van der Waals surface area (Å²) in [6.07, 6.45) is 2.55. The molecule has 2 atom stereocenters. The van der Waals surface area contributed by atoms with Crippen LogP contribution in [0.1, 0.15) is 45.6 Å². The van der Waals surface area contributed by atoms with Crippen molar-refractivity contribution in [1.82, 2.24) is 0 Å². The van der Waals surface area contributed by atoms with Gasteiger partial charge in [-0.05, 0) is 57.7 Å². The highest BCUT2D eigenvalue weighted by atomic mass is 16.7. The fourth-order valence-corrected chi connectivity index (χ4v) is 2.96. The number of fused-ring (bicyclic) bond motifs is 1. The molecule has 0 radical (unpaired) electrons. The van der Waals surface area contributed by atoms with Crippen molar-refractivity contribution in [3.63, 3.8) is 0 Å². The molecule has 1 saturated heterocycles. The molecule has 2 fully saturated rings. The molecule has 0 N–H and O–H groups in total. The van der Waals surface area contributed by atoms with E-state index in [9.17, 15) is 9.59 Å². The molecule has 1 saturated carbocycles. The Labute approximate surface area is 129 Å². The van der Waals surface area contributed by atoms with Crippen LogP contribution in [0, 0.1) is 0 Å². The lowest BCUT2D eigenvalue weighted by Gasteiger charge is -2.18. The van der Waals surface area contributed by atoms with E-state index >= 15 is 0 Å². The largest absolute Gasteiger partial charge is 0.514 e. The van der Waals surface area contributed by atoms with Gasteiger partial charge in [0.15, 0.2) is 5.75 Å². The summed E-state index contributed by atoms with van der Waals surface area (Å²) in [6.45, 7) is 5.21. The number of rotatable bonds is 2. The highest BCUT2D eigenvalue weighted by molar-refractivity contribution is 5.64. The molecular formula is C17H20O5. The van der Waals surface area contributed by atoms with Crippen LogP contribution in [-0.2, 0) is 15.1 Å². The van der Waals surface area contributed by atoms with Crippen LogP contribution >= 0.6 is 0 Å². The van der Waals surface area contributed by atoms with Gasteiger partial charge in [-0.3, -0.25) is 4.79 Å². The van der Waals surface area contributed by atoms with Crippen LogP contribution in [0.15, 0.2) is 29.1 Å². The number of carbonyl (C=O) groups is 1. The van der Waals surface area contributed by atoms with E-state index in [-0.39, 0.29) is 22.9 Å². The molecule has 2 aliphatic rings. The minimum atomic E-state index is -0.878. The smallest absolute Gasteiger partial charge is 0.428 e. The zero-order chi connectivity index (χ0) is 16.0. The first-order chi connectivity index (χ1) is 10.3. The Morgan fingerprint density at radius 1 is 1.27 bits per heavy atom. The summed E-state index contributed by atoms with van der Waals surface area (Å²) in [5, 5.41) is 0. The van der Waals surface area contributed by atoms with Gasteiger partial charge in [-0.1, -0.05) is 12.1 Å². The van der Waals surface area contributed by atoms with Crippen LogP contribution in [0.4, 0.5) is 4.79 Å². The van der Waals surface area contributed by atoms with Gasteiger partial charge in [-0.2, -0.15) is 0 Å². The average Bonchev–Trinajstić information content (AvgIpc) is 3.01. The van der Waals surface area contributed by atoms with E-state index in [4.69, 9.17) is 14.2 Å². The van der Waals surface area contributed by atoms with Crippen LogP contribution in [0.5, 0.6) is 5.75 Å². The first kappa shape index (κ1) is 15.0. The normalized spacial score (nSPS) is 26.2. The Morgan fingerprint density at radius 3 is 2.59 bits per heavy atom. The number of hydrogen-bond acceptors (Lipinski definition) is 5. The maximum atomic E-state index is 12.0. The van der Waals surface area contributed by atoms with Crippen molar-refractivity contribution in [3.8, 4) is 5.75 Å². The summed E-state index contributed by atoms with van der Waals surface area (Å²) in [4.78, 5) is 23.7. The van der Waals surface area contributed by atoms with E-state index in [0.29, 0.717) is 0 Å². The van der Waals surface area contributed by atoms with Crippen LogP contribution < -0.4 is 10.2 Å². The Bertz CT molecular complexity index is 661. The summed E-state index contributed by atoms with van der Waals surface area (Å²) >= 11 is 0. The van der Waals surface area contributed by atoms with Crippen molar-refractivity contribution >= 4 is 6.16 Å². The van der Waals surface area contributed by atoms with E-state index < -0.39 is 11.8 Å². The predicted octanol–water partition coefficient (Wildman–Crippen LogP) is 3.14. The molecule has 0 aromatic heterocycles. The molecule has 1 aromatic rings. The first-order valence-electron chi connectivity index (χ1n) is 7.54. The van der Waals surface area contributed by atoms with Crippen molar-refractivity contribution in [2.24, 2.45) is 0 Å². The summed E-state index contributed by atoms with van der Waals surface area (Å²) in [7, 11) is 0. The molecule has 0 spiro atoms. The lowest BCUT2D eigenvalue weighted by atomic mass is 9.98. The second kappa shape index (κ2) is 5.09. The summed E-state index contributed by atoms with van der Waals surface area (Å²) in [6, 6.07) is 6.50. The third-order valence-corrected chi connectivity index (χ3v) is 3.97. The molecule has 118 valence electrons. The Morgan fingerprint density at radius 2 is 2.00 bits per heavy atom. The topological polar surface area (TPSA) is 65.1 Å². The molecule has 1 aliphatic carbocycles. The fraction of sp³-hybridized carbons (Fsp3) is 0.529. The highest BCUT2D eigenvalue weighted by Gasteiger charge is 2.60. The lowest BCUT2D eigenvalue weighted by Crippen LogP contribution is -2.26. The van der Waals surface area contributed by atoms with Gasteiger partial charge >= 0.3 is 6.16 Å². The fourth-order valence-electron chi connectivity index (χ4n) is 2.96. The van der Waals surface area contributed by atoms with Crippen LogP contribution in [0.3, 0.4) is 0 Å². The van der Waals surface area contributed by atoms with Gasteiger partial charge < -0.3 is 14.2 Å². The Kier molecular flexibility index (Phi) is 3.48. The van der Waals surface area contributed by atoms with E-state index in [1.807, 2.05) is 0 Å². The summed E-state index contributed by atoms with van der Waals surface area (Å²) < 4.78 is 15.9. The monoisotopic (exact) mass is 304 g/mol. The first-order valence-corrected chi connectivity index (χ1v) is 7.54. The number of hydrogen-bond donors (Lipinski definition) is 0. The maximum Gasteiger partial charge on any atom is 0.514 e. The van der Waals surface area contributed by atoms with E-state index in [2.05, 4.69) is 0 Å². The van der Waals surface area contributed by atoms with E-state index in [0.717, 1.165) is 24.8 Å². The van der Waals surface area contributed by atoms with Crippen LogP contribution in [-0.4, -0.2) is 17.9 Å². The van der Waals surface area contributed by atoms with Gasteiger partial charge in [0.2, 0.25) is 5.43 Å².